The van der Waals surface area contributed by atoms with Gasteiger partial charge in [-0.1, -0.05) is 12.1 Å². The molecule has 0 radical (unpaired) electrons. The molecule has 0 bridgehead atoms. The lowest BCUT2D eigenvalue weighted by molar-refractivity contribution is 0.104. The minimum Gasteiger partial charge on any atom is -0.497 e. The third kappa shape index (κ3) is 6.01. The van der Waals surface area contributed by atoms with Crippen LogP contribution in [0.5, 0.6) is 23.0 Å². The molecular weight excluding hydrogens is 507 g/mol. The summed E-state index contributed by atoms with van der Waals surface area (Å²) in [6.45, 7) is 0.350. The van der Waals surface area contributed by atoms with Gasteiger partial charge in [-0.3, -0.25) is 4.79 Å². The van der Waals surface area contributed by atoms with E-state index >= 15 is 0 Å². The van der Waals surface area contributed by atoms with Gasteiger partial charge in [0.15, 0.2) is 5.78 Å². The molecule has 0 aliphatic rings. The number of halogens is 1. The third-order valence-electron chi connectivity index (χ3n) is 4.61. The predicted molar refractivity (Wildman–Crippen MR) is 129 cm³/mol. The van der Waals surface area contributed by atoms with E-state index in [9.17, 15) is 4.79 Å². The average molecular weight is 530 g/mol. The van der Waals surface area contributed by atoms with Gasteiger partial charge in [-0.2, -0.15) is 0 Å². The van der Waals surface area contributed by atoms with Gasteiger partial charge >= 0.3 is 0 Å². The molecule has 3 aromatic rings. The summed E-state index contributed by atoms with van der Waals surface area (Å²) in [6, 6.07) is 18.7. The van der Waals surface area contributed by atoms with Crippen molar-refractivity contribution in [3.05, 3.63) is 87.0 Å². The fourth-order valence-electron chi connectivity index (χ4n) is 2.98. The van der Waals surface area contributed by atoms with E-state index in [0.29, 0.717) is 23.7 Å². The second-order valence-corrected chi connectivity index (χ2v) is 7.82. The minimum absolute atomic E-state index is 0.178. The van der Waals surface area contributed by atoms with Crippen molar-refractivity contribution in [3.8, 4) is 23.0 Å². The topological polar surface area (TPSA) is 54.0 Å². The molecule has 0 aromatic heterocycles. The van der Waals surface area contributed by atoms with Crippen LogP contribution in [0, 0.1) is 3.57 Å². The number of rotatable bonds is 9. The van der Waals surface area contributed by atoms with Crippen LogP contribution >= 0.6 is 22.6 Å². The van der Waals surface area contributed by atoms with Gasteiger partial charge in [-0.05, 0) is 88.8 Å². The van der Waals surface area contributed by atoms with Gasteiger partial charge in [0.1, 0.15) is 29.6 Å². The zero-order chi connectivity index (χ0) is 22.2. The second kappa shape index (κ2) is 10.9. The molecule has 0 aliphatic carbocycles. The van der Waals surface area contributed by atoms with E-state index in [1.165, 1.54) is 13.2 Å². The van der Waals surface area contributed by atoms with Crippen molar-refractivity contribution in [1.82, 2.24) is 0 Å². The summed E-state index contributed by atoms with van der Waals surface area (Å²) in [5.41, 5.74) is 2.18. The molecule has 3 rings (SSSR count). The number of carbonyl (C=O) groups excluding carboxylic acids is 1. The van der Waals surface area contributed by atoms with Crippen molar-refractivity contribution >= 4 is 34.5 Å². The van der Waals surface area contributed by atoms with Crippen molar-refractivity contribution in [1.29, 1.82) is 0 Å². The number of ether oxygens (including phenoxy) is 4. The molecule has 31 heavy (non-hydrogen) atoms. The summed E-state index contributed by atoms with van der Waals surface area (Å²) in [4.78, 5) is 12.7. The van der Waals surface area contributed by atoms with Crippen LogP contribution in [0.3, 0.4) is 0 Å². The molecule has 0 saturated heterocycles. The van der Waals surface area contributed by atoms with Crippen molar-refractivity contribution < 1.29 is 23.7 Å². The van der Waals surface area contributed by atoms with Crippen LogP contribution in [0.25, 0.3) is 6.08 Å². The van der Waals surface area contributed by atoms with Gasteiger partial charge < -0.3 is 18.9 Å². The van der Waals surface area contributed by atoms with Crippen LogP contribution in [0.4, 0.5) is 0 Å². The van der Waals surface area contributed by atoms with E-state index in [-0.39, 0.29) is 5.78 Å². The zero-order valence-electron chi connectivity index (χ0n) is 17.6. The lowest BCUT2D eigenvalue weighted by Crippen LogP contribution is -2.00. The summed E-state index contributed by atoms with van der Waals surface area (Å²) in [5, 5.41) is 0. The highest BCUT2D eigenvalue weighted by Gasteiger charge is 2.11. The van der Waals surface area contributed by atoms with Gasteiger partial charge in [-0.25, -0.2) is 0 Å². The molecule has 0 aliphatic heterocycles. The van der Waals surface area contributed by atoms with Gasteiger partial charge in [0.05, 0.1) is 26.9 Å². The molecule has 0 unspecified atom stereocenters. The van der Waals surface area contributed by atoms with E-state index in [1.807, 2.05) is 42.5 Å². The molecule has 0 N–H and O–H groups in total. The largest absolute Gasteiger partial charge is 0.497 e. The normalized spacial score (nSPS) is 10.7. The maximum absolute atomic E-state index is 12.7. The van der Waals surface area contributed by atoms with E-state index in [2.05, 4.69) is 22.6 Å². The van der Waals surface area contributed by atoms with E-state index in [4.69, 9.17) is 18.9 Å². The highest BCUT2D eigenvalue weighted by molar-refractivity contribution is 14.1. The summed E-state index contributed by atoms with van der Waals surface area (Å²) in [6.07, 6.45) is 3.28. The fourth-order valence-corrected chi connectivity index (χ4v) is 3.33. The number of hydrogen-bond acceptors (Lipinski definition) is 5. The molecule has 160 valence electrons. The van der Waals surface area contributed by atoms with E-state index in [1.54, 1.807) is 38.5 Å². The number of methoxy groups -OCH3 is 3. The number of benzene rings is 3. The maximum Gasteiger partial charge on any atom is 0.189 e. The molecule has 0 spiro atoms. The molecule has 0 atom stereocenters. The molecule has 0 heterocycles. The Hall–Kier alpha value is -3.00. The lowest BCUT2D eigenvalue weighted by atomic mass is 10.1. The van der Waals surface area contributed by atoms with Crippen LogP contribution in [0.15, 0.2) is 66.7 Å². The van der Waals surface area contributed by atoms with Crippen molar-refractivity contribution in [2.45, 2.75) is 6.61 Å². The third-order valence-corrected chi connectivity index (χ3v) is 5.33. The molecule has 0 fully saturated rings. The Bertz CT molecular complexity index is 1070. The fraction of sp³-hybridized carbons (Fsp3) is 0.160. The monoisotopic (exact) mass is 530 g/mol. The molecule has 3 aromatic carbocycles. The van der Waals surface area contributed by atoms with E-state index in [0.717, 1.165) is 26.2 Å². The zero-order valence-corrected chi connectivity index (χ0v) is 19.7. The Labute approximate surface area is 195 Å². The Kier molecular flexibility index (Phi) is 7.94. The first kappa shape index (κ1) is 22.7. The Morgan fingerprint density at radius 2 is 1.52 bits per heavy atom. The van der Waals surface area contributed by atoms with Crippen molar-refractivity contribution in [2.24, 2.45) is 0 Å². The van der Waals surface area contributed by atoms with Gasteiger partial charge in [0, 0.05) is 9.13 Å². The first-order valence-corrected chi connectivity index (χ1v) is 10.6. The summed E-state index contributed by atoms with van der Waals surface area (Å²) >= 11 is 2.25. The molecule has 5 nitrogen and oxygen atoms in total. The lowest BCUT2D eigenvalue weighted by Gasteiger charge is -2.11. The van der Waals surface area contributed by atoms with Gasteiger partial charge in [0.2, 0.25) is 0 Å². The molecular formula is C25H23IO5. The Morgan fingerprint density at radius 1 is 0.839 bits per heavy atom. The standard InChI is InChI=1S/C25H23IO5/c1-28-21-10-13-25(30-3)22(15-21)23(27)11-4-17-5-12-24(29-2)18(14-17)16-31-20-8-6-19(26)7-9-20/h4-15H,16H2,1-3H3/b11-4+. The SMILES string of the molecule is COc1ccc(OC)c(C(=O)/C=C/c2ccc(OC)c(COc3ccc(I)cc3)c2)c1. The minimum atomic E-state index is -0.178. The second-order valence-electron chi connectivity index (χ2n) is 6.58. The Morgan fingerprint density at radius 3 is 2.19 bits per heavy atom. The number of ketones is 1. The first-order valence-electron chi connectivity index (χ1n) is 9.53. The molecule has 6 heteroatoms. The highest BCUT2D eigenvalue weighted by Crippen LogP contribution is 2.26. The first-order chi connectivity index (χ1) is 15.0. The van der Waals surface area contributed by atoms with Gasteiger partial charge in [0.25, 0.3) is 0 Å². The molecule has 0 saturated carbocycles. The quantitative estimate of drug-likeness (QED) is 0.199. The summed E-state index contributed by atoms with van der Waals surface area (Å²) < 4.78 is 23.0. The molecule has 0 amide bonds. The van der Waals surface area contributed by atoms with E-state index < -0.39 is 0 Å². The van der Waals surface area contributed by atoms with Crippen LogP contribution in [-0.4, -0.2) is 27.1 Å². The number of allylic oxidation sites excluding steroid dienone is 1. The Balaban J connectivity index is 1.78. The van der Waals surface area contributed by atoms with Crippen LogP contribution in [0.1, 0.15) is 21.5 Å². The van der Waals surface area contributed by atoms with Crippen LogP contribution < -0.4 is 18.9 Å². The number of hydrogen-bond donors (Lipinski definition) is 0. The smallest absolute Gasteiger partial charge is 0.189 e. The predicted octanol–water partition coefficient (Wildman–Crippen LogP) is 5.79. The maximum atomic E-state index is 12.7. The van der Waals surface area contributed by atoms with Gasteiger partial charge in [-0.15, -0.1) is 0 Å². The van der Waals surface area contributed by atoms with Crippen molar-refractivity contribution in [2.75, 3.05) is 21.3 Å². The van der Waals surface area contributed by atoms with Crippen molar-refractivity contribution in [3.63, 3.8) is 0 Å². The number of carbonyl (C=O) groups is 1. The summed E-state index contributed by atoms with van der Waals surface area (Å²) in [7, 11) is 4.71. The summed E-state index contributed by atoms with van der Waals surface area (Å²) in [5.74, 6) is 2.42. The average Bonchev–Trinajstić information content (AvgIpc) is 2.81. The highest BCUT2D eigenvalue weighted by atomic mass is 127. The van der Waals surface area contributed by atoms with Crippen LogP contribution in [-0.2, 0) is 6.61 Å². The van der Waals surface area contributed by atoms with Crippen LogP contribution in [0.2, 0.25) is 0 Å².